The first kappa shape index (κ1) is 14.8. The summed E-state index contributed by atoms with van der Waals surface area (Å²) in [6, 6.07) is 0.194. The summed E-state index contributed by atoms with van der Waals surface area (Å²) in [5.41, 5.74) is 0.414. The van der Waals surface area contributed by atoms with Gasteiger partial charge in [-0.2, -0.15) is 5.10 Å². The number of rotatable bonds is 4. The summed E-state index contributed by atoms with van der Waals surface area (Å²) in [5, 5.41) is 7.46. The van der Waals surface area contributed by atoms with Crippen LogP contribution in [-0.2, 0) is 17.1 Å². The number of hydrogen-bond donors (Lipinski definition) is 2. The topological polar surface area (TPSA) is 76.0 Å². The fraction of sp³-hybridized carbons (Fsp3) is 0.727. The number of halogens is 1. The molecule has 2 heterocycles. The van der Waals surface area contributed by atoms with Crippen molar-refractivity contribution >= 4 is 21.6 Å². The first-order valence-electron chi connectivity index (χ1n) is 6.34. The molecule has 1 aromatic rings. The zero-order valence-electron chi connectivity index (χ0n) is 11.1. The largest absolute Gasteiger partial charge is 0.313 e. The number of sulfonamides is 1. The van der Waals surface area contributed by atoms with Gasteiger partial charge in [0.2, 0.25) is 10.0 Å². The van der Waals surface area contributed by atoms with Gasteiger partial charge in [0.15, 0.2) is 0 Å². The molecule has 0 aromatic carbocycles. The van der Waals surface area contributed by atoms with Gasteiger partial charge in [0.25, 0.3) is 0 Å². The fourth-order valence-corrected chi connectivity index (χ4v) is 4.12. The molecule has 108 valence electrons. The van der Waals surface area contributed by atoms with Crippen LogP contribution in [0, 0.1) is 6.92 Å². The van der Waals surface area contributed by atoms with Crippen LogP contribution in [0.4, 0.5) is 0 Å². The van der Waals surface area contributed by atoms with Crippen LogP contribution in [0.3, 0.4) is 0 Å². The molecule has 1 aliphatic heterocycles. The zero-order chi connectivity index (χ0) is 14.0. The molecule has 0 radical (unpaired) electrons. The second-order valence-corrected chi connectivity index (χ2v) is 6.89. The highest BCUT2D eigenvalue weighted by atomic mass is 35.5. The van der Waals surface area contributed by atoms with Gasteiger partial charge in [-0.15, -0.1) is 0 Å². The molecule has 2 N–H and O–H groups in total. The monoisotopic (exact) mass is 306 g/mol. The molecular formula is C11H19ClN4O2S. The Kier molecular flexibility index (Phi) is 4.50. The van der Waals surface area contributed by atoms with Gasteiger partial charge < -0.3 is 5.32 Å². The van der Waals surface area contributed by atoms with Gasteiger partial charge in [-0.3, -0.25) is 4.68 Å². The van der Waals surface area contributed by atoms with Crippen LogP contribution in [0.5, 0.6) is 0 Å². The molecular weight excluding hydrogens is 288 g/mol. The predicted octanol–water partition coefficient (Wildman–Crippen LogP) is 0.802. The fourth-order valence-electron chi connectivity index (χ4n) is 2.30. The van der Waals surface area contributed by atoms with Gasteiger partial charge in [0.1, 0.15) is 10.0 Å². The van der Waals surface area contributed by atoms with Gasteiger partial charge in [-0.25, -0.2) is 13.1 Å². The lowest BCUT2D eigenvalue weighted by Crippen LogP contribution is -2.43. The minimum Gasteiger partial charge on any atom is -0.313 e. The van der Waals surface area contributed by atoms with Crippen molar-refractivity contribution in [2.75, 3.05) is 13.1 Å². The molecule has 19 heavy (non-hydrogen) atoms. The lowest BCUT2D eigenvalue weighted by molar-refractivity contribution is 0.398. The van der Waals surface area contributed by atoms with E-state index in [1.165, 1.54) is 4.68 Å². The first-order chi connectivity index (χ1) is 8.92. The van der Waals surface area contributed by atoms with Crippen molar-refractivity contribution in [2.45, 2.75) is 37.1 Å². The van der Waals surface area contributed by atoms with Crippen molar-refractivity contribution in [3.05, 3.63) is 10.8 Å². The average Bonchev–Trinajstić information content (AvgIpc) is 2.63. The van der Waals surface area contributed by atoms with Gasteiger partial charge in [-0.1, -0.05) is 18.0 Å². The third-order valence-corrected chi connectivity index (χ3v) is 5.42. The van der Waals surface area contributed by atoms with E-state index < -0.39 is 10.0 Å². The molecule has 2 rings (SSSR count). The van der Waals surface area contributed by atoms with E-state index in [9.17, 15) is 8.42 Å². The molecule has 6 nitrogen and oxygen atoms in total. The summed E-state index contributed by atoms with van der Waals surface area (Å²) in [5.74, 6) is 0. The number of aromatic nitrogens is 2. The van der Waals surface area contributed by atoms with Crippen LogP contribution in [0.15, 0.2) is 4.90 Å². The van der Waals surface area contributed by atoms with Crippen LogP contribution in [0.2, 0.25) is 5.15 Å². The molecule has 0 saturated carbocycles. The van der Waals surface area contributed by atoms with Crippen molar-refractivity contribution in [3.8, 4) is 0 Å². The highest BCUT2D eigenvalue weighted by molar-refractivity contribution is 7.89. The van der Waals surface area contributed by atoms with E-state index in [4.69, 9.17) is 11.6 Å². The molecule has 1 fully saturated rings. The summed E-state index contributed by atoms with van der Waals surface area (Å²) in [4.78, 5) is 0.0764. The Morgan fingerprint density at radius 1 is 1.53 bits per heavy atom. The molecule has 0 spiro atoms. The standard InChI is InChI=1S/C11H19ClN4O2S/c1-8-10(11(12)16(2)15-8)19(17,18)14-7-9-5-3-4-6-13-9/h9,13-14H,3-7H2,1-2H3/t9-/m0/s1. The van der Waals surface area contributed by atoms with Crippen molar-refractivity contribution in [2.24, 2.45) is 7.05 Å². The first-order valence-corrected chi connectivity index (χ1v) is 8.20. The second kappa shape index (κ2) is 5.78. The maximum absolute atomic E-state index is 12.3. The number of hydrogen-bond acceptors (Lipinski definition) is 4. The average molecular weight is 307 g/mol. The highest BCUT2D eigenvalue weighted by Gasteiger charge is 2.26. The maximum Gasteiger partial charge on any atom is 0.245 e. The number of nitrogens with one attached hydrogen (secondary N) is 2. The molecule has 0 amide bonds. The molecule has 1 atom stereocenters. The van der Waals surface area contributed by atoms with Gasteiger partial charge in [0, 0.05) is 19.6 Å². The third-order valence-electron chi connectivity index (χ3n) is 3.30. The Labute approximate surface area is 118 Å². The van der Waals surface area contributed by atoms with Gasteiger partial charge in [0.05, 0.1) is 5.69 Å². The molecule has 1 saturated heterocycles. The Bertz CT molecular complexity index is 549. The summed E-state index contributed by atoms with van der Waals surface area (Å²) >= 11 is 5.99. The Morgan fingerprint density at radius 3 is 2.79 bits per heavy atom. The molecule has 1 aliphatic rings. The van der Waals surface area contributed by atoms with Crippen molar-refractivity contribution in [3.63, 3.8) is 0 Å². The number of piperidine rings is 1. The van der Waals surface area contributed by atoms with Crippen LogP contribution < -0.4 is 10.0 Å². The molecule has 1 aromatic heterocycles. The van der Waals surface area contributed by atoms with E-state index >= 15 is 0 Å². The second-order valence-electron chi connectivity index (χ2n) is 4.83. The van der Waals surface area contributed by atoms with E-state index in [0.29, 0.717) is 12.2 Å². The normalized spacial score (nSPS) is 20.7. The van der Waals surface area contributed by atoms with E-state index in [0.717, 1.165) is 25.8 Å². The third kappa shape index (κ3) is 3.28. The number of nitrogens with zero attached hydrogens (tertiary/aromatic N) is 2. The molecule has 0 unspecified atom stereocenters. The van der Waals surface area contributed by atoms with E-state index in [2.05, 4.69) is 15.1 Å². The summed E-state index contributed by atoms with van der Waals surface area (Å²) in [6.07, 6.45) is 3.27. The van der Waals surface area contributed by atoms with Crippen molar-refractivity contribution < 1.29 is 8.42 Å². The lowest BCUT2D eigenvalue weighted by atomic mass is 10.1. The van der Waals surface area contributed by atoms with Crippen LogP contribution >= 0.6 is 11.6 Å². The van der Waals surface area contributed by atoms with Crippen LogP contribution in [0.1, 0.15) is 25.0 Å². The lowest BCUT2D eigenvalue weighted by Gasteiger charge is -2.23. The van der Waals surface area contributed by atoms with Gasteiger partial charge >= 0.3 is 0 Å². The van der Waals surface area contributed by atoms with Crippen molar-refractivity contribution in [1.29, 1.82) is 0 Å². The molecule has 0 bridgehead atoms. The Hall–Kier alpha value is -0.630. The van der Waals surface area contributed by atoms with E-state index in [1.807, 2.05) is 0 Å². The zero-order valence-corrected chi connectivity index (χ0v) is 12.7. The SMILES string of the molecule is Cc1nn(C)c(Cl)c1S(=O)(=O)NC[C@@H]1CCCCN1. The minimum atomic E-state index is -3.61. The quantitative estimate of drug-likeness (QED) is 0.863. The highest BCUT2D eigenvalue weighted by Crippen LogP contribution is 2.23. The van der Waals surface area contributed by atoms with Gasteiger partial charge in [-0.05, 0) is 26.3 Å². The summed E-state index contributed by atoms with van der Waals surface area (Å²) in [7, 11) is -1.98. The Morgan fingerprint density at radius 2 is 2.26 bits per heavy atom. The van der Waals surface area contributed by atoms with E-state index in [-0.39, 0.29) is 16.1 Å². The summed E-state index contributed by atoms with van der Waals surface area (Å²) in [6.45, 7) is 2.96. The smallest absolute Gasteiger partial charge is 0.245 e. The molecule has 8 heteroatoms. The number of aryl methyl sites for hydroxylation is 2. The van der Waals surface area contributed by atoms with Crippen LogP contribution in [0.25, 0.3) is 0 Å². The molecule has 0 aliphatic carbocycles. The van der Waals surface area contributed by atoms with Crippen molar-refractivity contribution in [1.82, 2.24) is 19.8 Å². The minimum absolute atomic E-state index is 0.0764. The summed E-state index contributed by atoms with van der Waals surface area (Å²) < 4.78 is 28.5. The Balaban J connectivity index is 2.09. The predicted molar refractivity (Wildman–Crippen MR) is 73.8 cm³/mol. The van der Waals surface area contributed by atoms with Crippen LogP contribution in [-0.4, -0.2) is 37.3 Å². The maximum atomic E-state index is 12.3. The van der Waals surface area contributed by atoms with E-state index in [1.54, 1.807) is 14.0 Å².